The first-order valence-corrected chi connectivity index (χ1v) is 10.9. The number of anilines is 1. The highest BCUT2D eigenvalue weighted by atomic mass is 32.1. The molecule has 2 heterocycles. The van der Waals surface area contributed by atoms with Crippen molar-refractivity contribution in [2.45, 2.75) is 59.4 Å². The van der Waals surface area contributed by atoms with Crippen molar-refractivity contribution in [3.63, 3.8) is 0 Å². The number of carboxylic acid groups (broad SMARTS) is 1. The fourth-order valence-electron chi connectivity index (χ4n) is 3.73. The Morgan fingerprint density at radius 3 is 2.67 bits per heavy atom. The van der Waals surface area contributed by atoms with E-state index in [-0.39, 0.29) is 30.7 Å². The van der Waals surface area contributed by atoms with Crippen molar-refractivity contribution < 1.29 is 23.9 Å². The van der Waals surface area contributed by atoms with Crippen LogP contribution in [0.15, 0.2) is 22.8 Å². The van der Waals surface area contributed by atoms with Crippen molar-refractivity contribution in [3.8, 4) is 0 Å². The van der Waals surface area contributed by atoms with Crippen LogP contribution in [0.2, 0.25) is 0 Å². The van der Waals surface area contributed by atoms with E-state index in [1.54, 1.807) is 18.4 Å². The molecule has 8 heteroatoms. The Morgan fingerprint density at radius 2 is 2.03 bits per heavy atom. The molecule has 0 aromatic carbocycles. The second-order valence-corrected chi connectivity index (χ2v) is 9.82. The number of carbonyl (C=O) groups excluding carboxylic acids is 2. The molecule has 3 rings (SSSR count). The average Bonchev–Trinajstić information content (AvgIpc) is 3.30. The molecule has 30 heavy (non-hydrogen) atoms. The van der Waals surface area contributed by atoms with Gasteiger partial charge in [-0.05, 0) is 48.3 Å². The van der Waals surface area contributed by atoms with Gasteiger partial charge in [0.05, 0.1) is 24.8 Å². The normalized spacial score (nSPS) is 16.0. The fourth-order valence-corrected chi connectivity index (χ4v) is 5.07. The first-order chi connectivity index (χ1) is 14.1. The molecule has 2 aromatic heterocycles. The van der Waals surface area contributed by atoms with Crippen LogP contribution >= 0.6 is 11.3 Å². The van der Waals surface area contributed by atoms with Crippen LogP contribution in [0.25, 0.3) is 0 Å². The van der Waals surface area contributed by atoms with E-state index in [2.05, 4.69) is 31.4 Å². The van der Waals surface area contributed by atoms with Gasteiger partial charge in [0.2, 0.25) is 5.91 Å². The van der Waals surface area contributed by atoms with Gasteiger partial charge in [0.15, 0.2) is 0 Å². The Hall–Kier alpha value is -2.61. The molecule has 3 N–H and O–H groups in total. The van der Waals surface area contributed by atoms with Crippen LogP contribution in [-0.4, -0.2) is 22.9 Å². The summed E-state index contributed by atoms with van der Waals surface area (Å²) >= 11 is 1.43. The summed E-state index contributed by atoms with van der Waals surface area (Å²) in [6, 6.07) is 3.54. The third-order valence-electron chi connectivity index (χ3n) is 5.54. The number of aliphatic carboxylic acids is 1. The highest BCUT2D eigenvalue weighted by Gasteiger charge is 2.34. The van der Waals surface area contributed by atoms with Crippen LogP contribution in [-0.2, 0) is 29.0 Å². The number of carbonyl (C=O) groups is 3. The second-order valence-electron chi connectivity index (χ2n) is 8.72. The summed E-state index contributed by atoms with van der Waals surface area (Å²) in [5.74, 6) is -0.541. The predicted octanol–water partition coefficient (Wildman–Crippen LogP) is 4.23. The average molecular weight is 433 g/mol. The van der Waals surface area contributed by atoms with E-state index < -0.39 is 11.9 Å². The van der Waals surface area contributed by atoms with Gasteiger partial charge in [-0.25, -0.2) is 0 Å². The lowest BCUT2D eigenvalue weighted by molar-refractivity contribution is -0.138. The molecule has 0 spiro atoms. The van der Waals surface area contributed by atoms with Crippen LogP contribution < -0.4 is 10.6 Å². The molecule has 0 saturated carbocycles. The van der Waals surface area contributed by atoms with Gasteiger partial charge in [0.1, 0.15) is 10.8 Å². The molecule has 1 unspecified atom stereocenters. The summed E-state index contributed by atoms with van der Waals surface area (Å²) in [4.78, 5) is 37.2. The molecule has 0 fully saturated rings. The quantitative estimate of drug-likeness (QED) is 0.607. The molecule has 7 nitrogen and oxygen atoms in total. The smallest absolute Gasteiger partial charge is 0.303 e. The van der Waals surface area contributed by atoms with Crippen molar-refractivity contribution in [1.82, 2.24) is 5.32 Å². The van der Waals surface area contributed by atoms with Crippen LogP contribution in [0.5, 0.6) is 0 Å². The van der Waals surface area contributed by atoms with E-state index in [1.165, 1.54) is 11.3 Å². The van der Waals surface area contributed by atoms with Gasteiger partial charge in [0.25, 0.3) is 5.91 Å². The van der Waals surface area contributed by atoms with Crippen molar-refractivity contribution in [2.75, 3.05) is 5.32 Å². The van der Waals surface area contributed by atoms with Crippen LogP contribution in [0.3, 0.4) is 0 Å². The molecule has 1 aliphatic carbocycles. The van der Waals surface area contributed by atoms with Gasteiger partial charge in [0, 0.05) is 11.3 Å². The number of carboxylic acids is 1. The highest BCUT2D eigenvalue weighted by molar-refractivity contribution is 7.17. The van der Waals surface area contributed by atoms with Gasteiger partial charge < -0.3 is 20.2 Å². The van der Waals surface area contributed by atoms with Gasteiger partial charge in [-0.3, -0.25) is 14.4 Å². The summed E-state index contributed by atoms with van der Waals surface area (Å²) in [7, 11) is 0. The Labute approximate surface area is 179 Å². The monoisotopic (exact) mass is 432 g/mol. The standard InChI is InChI=1S/C22H28N2O5S/c1-22(2,3)13-6-7-15-16(11-13)30-21(24-17(25)8-9-18(26)27)19(15)20(28)23-12-14-5-4-10-29-14/h4-5,10,13H,6-9,11-12H2,1-3H3,(H,23,28)(H,24,25)(H,26,27). The Kier molecular flexibility index (Phi) is 6.65. The molecule has 1 aliphatic rings. The van der Waals surface area contributed by atoms with E-state index in [9.17, 15) is 14.4 Å². The van der Waals surface area contributed by atoms with E-state index in [1.807, 2.05) is 0 Å². The first-order valence-electron chi connectivity index (χ1n) is 10.1. The number of hydrogen-bond donors (Lipinski definition) is 3. The minimum atomic E-state index is -1.03. The number of furan rings is 1. The third kappa shape index (κ3) is 5.30. The zero-order valence-electron chi connectivity index (χ0n) is 17.5. The van der Waals surface area contributed by atoms with Gasteiger partial charge in [-0.15, -0.1) is 11.3 Å². The number of thiophene rings is 1. The van der Waals surface area contributed by atoms with E-state index in [0.29, 0.717) is 22.2 Å². The lowest BCUT2D eigenvalue weighted by Crippen LogP contribution is -2.28. The molecule has 2 amide bonds. The molecule has 2 aromatic rings. The Morgan fingerprint density at radius 1 is 1.27 bits per heavy atom. The van der Waals surface area contributed by atoms with Crippen LogP contribution in [0.4, 0.5) is 5.00 Å². The van der Waals surface area contributed by atoms with Gasteiger partial charge in [-0.2, -0.15) is 0 Å². The number of fused-ring (bicyclic) bond motifs is 1. The largest absolute Gasteiger partial charge is 0.481 e. The summed E-state index contributed by atoms with van der Waals surface area (Å²) in [5, 5.41) is 15.0. The zero-order valence-corrected chi connectivity index (χ0v) is 18.4. The maximum atomic E-state index is 13.0. The molecular weight excluding hydrogens is 404 g/mol. The van der Waals surface area contributed by atoms with Crippen molar-refractivity contribution in [2.24, 2.45) is 11.3 Å². The zero-order chi connectivity index (χ0) is 21.9. The second kappa shape index (κ2) is 9.04. The highest BCUT2D eigenvalue weighted by Crippen LogP contribution is 2.44. The van der Waals surface area contributed by atoms with E-state index in [0.717, 1.165) is 29.7 Å². The van der Waals surface area contributed by atoms with Crippen LogP contribution in [0, 0.1) is 11.3 Å². The molecule has 1 atom stereocenters. The Balaban J connectivity index is 1.84. The topological polar surface area (TPSA) is 109 Å². The summed E-state index contributed by atoms with van der Waals surface area (Å²) in [6.45, 7) is 6.93. The summed E-state index contributed by atoms with van der Waals surface area (Å²) < 4.78 is 5.28. The van der Waals surface area contributed by atoms with Crippen molar-refractivity contribution in [1.29, 1.82) is 0 Å². The number of hydrogen-bond acceptors (Lipinski definition) is 5. The molecule has 0 aliphatic heterocycles. The van der Waals surface area contributed by atoms with E-state index >= 15 is 0 Å². The minimum absolute atomic E-state index is 0.129. The maximum Gasteiger partial charge on any atom is 0.303 e. The molecule has 0 saturated heterocycles. The SMILES string of the molecule is CC(C)(C)C1CCc2c(sc(NC(=O)CCC(=O)O)c2C(=O)NCc2ccco2)C1. The molecule has 0 radical (unpaired) electrons. The molecule has 162 valence electrons. The molecular formula is C22H28N2O5S. The van der Waals surface area contributed by atoms with Crippen molar-refractivity contribution in [3.05, 3.63) is 40.2 Å². The maximum absolute atomic E-state index is 13.0. The van der Waals surface area contributed by atoms with Crippen LogP contribution in [0.1, 0.15) is 66.6 Å². The number of rotatable bonds is 7. The lowest BCUT2D eigenvalue weighted by Gasteiger charge is -2.33. The lowest BCUT2D eigenvalue weighted by atomic mass is 9.72. The van der Waals surface area contributed by atoms with Gasteiger partial charge in [-0.1, -0.05) is 20.8 Å². The summed E-state index contributed by atoms with van der Waals surface area (Å²) in [5.41, 5.74) is 1.65. The van der Waals surface area contributed by atoms with E-state index in [4.69, 9.17) is 9.52 Å². The minimum Gasteiger partial charge on any atom is -0.481 e. The number of amides is 2. The summed E-state index contributed by atoms with van der Waals surface area (Å²) in [6.07, 6.45) is 3.81. The number of nitrogens with one attached hydrogen (secondary N) is 2. The fraction of sp³-hybridized carbons (Fsp3) is 0.500. The third-order valence-corrected chi connectivity index (χ3v) is 6.71. The Bertz CT molecular complexity index is 924. The van der Waals surface area contributed by atoms with Crippen molar-refractivity contribution >= 4 is 34.1 Å². The molecule has 0 bridgehead atoms. The first kappa shape index (κ1) is 22.1. The van der Waals surface area contributed by atoms with Gasteiger partial charge >= 0.3 is 5.97 Å². The predicted molar refractivity (Wildman–Crippen MR) is 115 cm³/mol.